The van der Waals surface area contributed by atoms with Gasteiger partial charge in [-0.1, -0.05) is 19.8 Å². The van der Waals surface area contributed by atoms with Crippen molar-refractivity contribution >= 4 is 11.4 Å². The van der Waals surface area contributed by atoms with Gasteiger partial charge >= 0.3 is 0 Å². The normalized spacial score (nSPS) is 29.9. The highest BCUT2D eigenvalue weighted by Crippen LogP contribution is 2.42. The van der Waals surface area contributed by atoms with Gasteiger partial charge in [0.25, 0.3) is 0 Å². The summed E-state index contributed by atoms with van der Waals surface area (Å²) < 4.78 is 5.30. The lowest BCUT2D eigenvalue weighted by Gasteiger charge is -2.38. The van der Waals surface area contributed by atoms with E-state index in [1.165, 1.54) is 37.1 Å². The van der Waals surface area contributed by atoms with Gasteiger partial charge in [-0.3, -0.25) is 0 Å². The summed E-state index contributed by atoms with van der Waals surface area (Å²) in [6, 6.07) is 6.23. The standard InChI is InChI=1S/C16H24N2O/c1-12-5-7-16(8-6-12)10-17-14-4-3-13(19-2)9-15(14)18-11-16/h3-4,9,12,17-18H,5-8,10-11H2,1-2H3. The highest BCUT2D eigenvalue weighted by Gasteiger charge is 2.35. The molecule has 0 amide bonds. The summed E-state index contributed by atoms with van der Waals surface area (Å²) in [4.78, 5) is 0. The van der Waals surface area contributed by atoms with Gasteiger partial charge in [0.05, 0.1) is 18.5 Å². The molecule has 3 rings (SSSR count). The van der Waals surface area contributed by atoms with Gasteiger partial charge in [0.2, 0.25) is 0 Å². The van der Waals surface area contributed by atoms with E-state index < -0.39 is 0 Å². The molecule has 1 heterocycles. The van der Waals surface area contributed by atoms with Gasteiger partial charge in [0, 0.05) is 24.6 Å². The topological polar surface area (TPSA) is 33.3 Å². The number of rotatable bonds is 1. The van der Waals surface area contributed by atoms with Crippen LogP contribution in [0.4, 0.5) is 11.4 Å². The molecule has 3 nitrogen and oxygen atoms in total. The van der Waals surface area contributed by atoms with Crippen molar-refractivity contribution in [3.8, 4) is 5.75 Å². The lowest BCUT2D eigenvalue weighted by atomic mass is 9.71. The largest absolute Gasteiger partial charge is 0.497 e. The predicted molar refractivity (Wildman–Crippen MR) is 80.0 cm³/mol. The molecular weight excluding hydrogens is 236 g/mol. The second-order valence-corrected chi connectivity index (χ2v) is 6.30. The van der Waals surface area contributed by atoms with E-state index in [-0.39, 0.29) is 0 Å². The van der Waals surface area contributed by atoms with Crippen LogP contribution in [0.15, 0.2) is 18.2 Å². The van der Waals surface area contributed by atoms with Gasteiger partial charge in [-0.2, -0.15) is 0 Å². The molecule has 2 N–H and O–H groups in total. The number of nitrogens with one attached hydrogen (secondary N) is 2. The lowest BCUT2D eigenvalue weighted by molar-refractivity contribution is 0.185. The third-order valence-corrected chi connectivity index (χ3v) is 4.87. The minimum absolute atomic E-state index is 0.429. The van der Waals surface area contributed by atoms with Crippen molar-refractivity contribution < 1.29 is 4.74 Å². The Morgan fingerprint density at radius 1 is 1.11 bits per heavy atom. The molecule has 1 aliphatic carbocycles. The molecule has 1 aliphatic heterocycles. The zero-order valence-corrected chi connectivity index (χ0v) is 12.0. The Bertz CT molecular complexity index is 450. The third kappa shape index (κ3) is 2.51. The minimum Gasteiger partial charge on any atom is -0.497 e. The summed E-state index contributed by atoms with van der Waals surface area (Å²) >= 11 is 0. The van der Waals surface area contributed by atoms with Gasteiger partial charge in [-0.05, 0) is 30.9 Å². The number of hydrogen-bond donors (Lipinski definition) is 2. The SMILES string of the molecule is COc1ccc2c(c1)NCC1(CCC(C)CC1)CN2. The van der Waals surface area contributed by atoms with Crippen molar-refractivity contribution in [2.24, 2.45) is 11.3 Å². The minimum atomic E-state index is 0.429. The first-order valence-electron chi connectivity index (χ1n) is 7.37. The van der Waals surface area contributed by atoms with E-state index in [0.29, 0.717) is 5.41 Å². The van der Waals surface area contributed by atoms with Crippen molar-refractivity contribution in [3.63, 3.8) is 0 Å². The first-order chi connectivity index (χ1) is 9.21. The number of hydrogen-bond acceptors (Lipinski definition) is 3. The van der Waals surface area contributed by atoms with Crippen LogP contribution in [0.2, 0.25) is 0 Å². The van der Waals surface area contributed by atoms with Gasteiger partial charge < -0.3 is 15.4 Å². The summed E-state index contributed by atoms with van der Waals surface area (Å²) in [5.41, 5.74) is 2.81. The molecule has 1 aromatic rings. The van der Waals surface area contributed by atoms with Gasteiger partial charge in [0.1, 0.15) is 5.75 Å². The van der Waals surface area contributed by atoms with Crippen LogP contribution in [0, 0.1) is 11.3 Å². The van der Waals surface area contributed by atoms with Crippen LogP contribution in [-0.4, -0.2) is 20.2 Å². The number of anilines is 2. The fraction of sp³-hybridized carbons (Fsp3) is 0.625. The smallest absolute Gasteiger partial charge is 0.121 e. The molecule has 1 fully saturated rings. The van der Waals surface area contributed by atoms with Crippen molar-refractivity contribution in [3.05, 3.63) is 18.2 Å². The summed E-state index contributed by atoms with van der Waals surface area (Å²) in [6.07, 6.45) is 5.39. The average Bonchev–Trinajstić information content (AvgIpc) is 2.62. The second kappa shape index (κ2) is 4.95. The van der Waals surface area contributed by atoms with Crippen molar-refractivity contribution in [2.45, 2.75) is 32.6 Å². The molecule has 1 aromatic carbocycles. The van der Waals surface area contributed by atoms with Crippen molar-refractivity contribution in [2.75, 3.05) is 30.8 Å². The van der Waals surface area contributed by atoms with E-state index in [1.54, 1.807) is 7.11 Å². The number of benzene rings is 1. The molecule has 3 heteroatoms. The van der Waals surface area contributed by atoms with Gasteiger partial charge in [-0.15, -0.1) is 0 Å². The summed E-state index contributed by atoms with van der Waals surface area (Å²) in [5, 5.41) is 7.27. The monoisotopic (exact) mass is 260 g/mol. The van der Waals surface area contributed by atoms with E-state index >= 15 is 0 Å². The van der Waals surface area contributed by atoms with Crippen LogP contribution in [-0.2, 0) is 0 Å². The molecule has 0 unspecified atom stereocenters. The second-order valence-electron chi connectivity index (χ2n) is 6.30. The fourth-order valence-corrected chi connectivity index (χ4v) is 3.31. The van der Waals surface area contributed by atoms with Crippen LogP contribution in [0.1, 0.15) is 32.6 Å². The Hall–Kier alpha value is -1.38. The number of methoxy groups -OCH3 is 1. The van der Waals surface area contributed by atoms with Crippen LogP contribution < -0.4 is 15.4 Å². The molecule has 19 heavy (non-hydrogen) atoms. The zero-order chi connectivity index (χ0) is 13.3. The van der Waals surface area contributed by atoms with Crippen LogP contribution >= 0.6 is 0 Å². The summed E-state index contributed by atoms with van der Waals surface area (Å²) in [7, 11) is 1.72. The van der Waals surface area contributed by atoms with Crippen LogP contribution in [0.3, 0.4) is 0 Å². The maximum atomic E-state index is 5.30. The Morgan fingerprint density at radius 2 is 1.79 bits per heavy atom. The molecule has 0 saturated heterocycles. The fourth-order valence-electron chi connectivity index (χ4n) is 3.31. The highest BCUT2D eigenvalue weighted by atomic mass is 16.5. The molecule has 1 spiro atoms. The molecule has 0 atom stereocenters. The van der Waals surface area contributed by atoms with Crippen molar-refractivity contribution in [1.29, 1.82) is 0 Å². The van der Waals surface area contributed by atoms with Gasteiger partial charge in [-0.25, -0.2) is 0 Å². The quantitative estimate of drug-likeness (QED) is 0.807. The van der Waals surface area contributed by atoms with Crippen molar-refractivity contribution in [1.82, 2.24) is 0 Å². The van der Waals surface area contributed by atoms with E-state index in [9.17, 15) is 0 Å². The predicted octanol–water partition coefficient (Wildman–Crippen LogP) is 3.73. The Morgan fingerprint density at radius 3 is 2.47 bits per heavy atom. The Kier molecular flexibility index (Phi) is 3.29. The lowest BCUT2D eigenvalue weighted by Crippen LogP contribution is -2.38. The Labute approximate surface area is 115 Å². The highest BCUT2D eigenvalue weighted by molar-refractivity contribution is 5.71. The number of ether oxygens (including phenoxy) is 1. The molecule has 104 valence electrons. The third-order valence-electron chi connectivity index (χ3n) is 4.87. The van der Waals surface area contributed by atoms with E-state index in [1.807, 2.05) is 6.07 Å². The van der Waals surface area contributed by atoms with Crippen LogP contribution in [0.5, 0.6) is 5.75 Å². The van der Waals surface area contributed by atoms with E-state index in [0.717, 1.165) is 24.8 Å². The first kappa shape index (κ1) is 12.6. The van der Waals surface area contributed by atoms with E-state index in [2.05, 4.69) is 29.7 Å². The maximum absolute atomic E-state index is 5.30. The molecular formula is C16H24N2O. The average molecular weight is 260 g/mol. The van der Waals surface area contributed by atoms with Crippen LogP contribution in [0.25, 0.3) is 0 Å². The molecule has 1 saturated carbocycles. The van der Waals surface area contributed by atoms with E-state index in [4.69, 9.17) is 4.74 Å². The number of fused-ring (bicyclic) bond motifs is 1. The van der Waals surface area contributed by atoms with Gasteiger partial charge in [0.15, 0.2) is 0 Å². The summed E-state index contributed by atoms with van der Waals surface area (Å²) in [5.74, 6) is 1.82. The Balaban J connectivity index is 1.77. The zero-order valence-electron chi connectivity index (χ0n) is 12.0. The molecule has 2 aliphatic rings. The molecule has 0 bridgehead atoms. The summed E-state index contributed by atoms with van der Waals surface area (Å²) in [6.45, 7) is 4.54. The first-order valence-corrected chi connectivity index (χ1v) is 7.37. The maximum Gasteiger partial charge on any atom is 0.121 e. The molecule has 0 radical (unpaired) electrons. The molecule has 0 aromatic heterocycles.